The molecule has 5 rings (SSSR count). The van der Waals surface area contributed by atoms with E-state index in [-0.39, 0.29) is 40.6 Å². The zero-order valence-corrected chi connectivity index (χ0v) is 24.5. The van der Waals surface area contributed by atoms with E-state index in [1.54, 1.807) is 0 Å². The van der Waals surface area contributed by atoms with Gasteiger partial charge < -0.3 is 26.7 Å². The van der Waals surface area contributed by atoms with E-state index >= 15 is 0 Å². The lowest BCUT2D eigenvalue weighted by Crippen LogP contribution is -2.73. The molecule has 4 heterocycles. The van der Waals surface area contributed by atoms with Crippen molar-refractivity contribution < 1.29 is 37.3 Å². The first-order valence-electron chi connectivity index (χ1n) is 13.6. The molecule has 2 atom stereocenters. The molecular weight excluding hydrogens is 608 g/mol. The second kappa shape index (κ2) is 12.1. The number of thiazole rings is 1. The van der Waals surface area contributed by atoms with Gasteiger partial charge in [0.1, 0.15) is 17.8 Å². The molecule has 3 aliphatic rings. The van der Waals surface area contributed by atoms with Crippen molar-refractivity contribution in [2.75, 3.05) is 18.8 Å². The Hall–Kier alpha value is -3.72. The number of oxime groups is 1. The number of carboxylic acid groups (broad SMARTS) is 1. The molecular formula is C23H32N10O8S2. The number of amides is 2. The number of aliphatic carboxylic acids is 1. The summed E-state index contributed by atoms with van der Waals surface area (Å²) in [5, 5.41) is 26.0. The standard InChI is InChI=1S/C23H32N10O8S2/c24-13-3-7-31(8-4-13)10-14-9-26-32(29-14)11-16-18(20(35)33(16)43(38,39)40)28-19(34)17(15-12-42-22(25)27-15)30-41-23(21(36)37)5-1-2-6-23/h9,12-13,16,18H,1-8,10-11,24H2,(H2,25,27)(H,28,34)(H,36,37)(H,38,39,40)/b30-17-/t16-,18+/m1/s1. The van der Waals surface area contributed by atoms with Crippen LogP contribution in [-0.2, 0) is 42.6 Å². The van der Waals surface area contributed by atoms with Crippen LogP contribution < -0.4 is 16.8 Å². The number of nitrogens with zero attached hydrogens (tertiary/aromatic N) is 7. The fourth-order valence-corrected chi connectivity index (χ4v) is 6.79. The highest BCUT2D eigenvalue weighted by molar-refractivity contribution is 7.84. The summed E-state index contributed by atoms with van der Waals surface area (Å²) in [4.78, 5) is 50.9. The van der Waals surface area contributed by atoms with E-state index in [1.807, 2.05) is 0 Å². The summed E-state index contributed by atoms with van der Waals surface area (Å²) in [5.74, 6) is -3.34. The summed E-state index contributed by atoms with van der Waals surface area (Å²) in [6, 6.07) is -2.57. The second-order valence-corrected chi connectivity index (χ2v) is 12.9. The van der Waals surface area contributed by atoms with Gasteiger partial charge in [0, 0.05) is 43.9 Å². The monoisotopic (exact) mass is 640 g/mol. The molecule has 2 aromatic heterocycles. The molecule has 7 N–H and O–H groups in total. The van der Waals surface area contributed by atoms with Crippen molar-refractivity contribution in [2.45, 2.75) is 75.3 Å². The van der Waals surface area contributed by atoms with E-state index in [2.05, 4.69) is 30.6 Å². The number of hydrogen-bond acceptors (Lipinski definition) is 14. The first-order valence-corrected chi connectivity index (χ1v) is 15.8. The third-order valence-electron chi connectivity index (χ3n) is 7.75. The van der Waals surface area contributed by atoms with Gasteiger partial charge in [-0.05, 0) is 25.7 Å². The Balaban J connectivity index is 1.34. The largest absolute Gasteiger partial charge is 0.478 e. The van der Waals surface area contributed by atoms with E-state index in [9.17, 15) is 32.5 Å². The number of anilines is 1. The summed E-state index contributed by atoms with van der Waals surface area (Å²) in [6.07, 6.45) is 4.75. The summed E-state index contributed by atoms with van der Waals surface area (Å²) < 4.78 is 34.0. The second-order valence-electron chi connectivity index (χ2n) is 10.7. The first kappa shape index (κ1) is 30.7. The normalized spacial score (nSPS) is 23.3. The number of carboxylic acids is 1. The molecule has 3 fully saturated rings. The van der Waals surface area contributed by atoms with Crippen molar-refractivity contribution in [3.8, 4) is 0 Å². The number of rotatable bonds is 11. The molecule has 43 heavy (non-hydrogen) atoms. The van der Waals surface area contributed by atoms with Gasteiger partial charge in [-0.25, -0.2) is 14.1 Å². The third-order valence-corrected chi connectivity index (χ3v) is 9.37. The Morgan fingerprint density at radius 2 is 1.95 bits per heavy atom. The Kier molecular flexibility index (Phi) is 8.65. The number of nitrogens with two attached hydrogens (primary N) is 2. The highest BCUT2D eigenvalue weighted by Crippen LogP contribution is 2.34. The van der Waals surface area contributed by atoms with E-state index in [1.165, 1.54) is 16.4 Å². The lowest BCUT2D eigenvalue weighted by atomic mass is 9.98. The van der Waals surface area contributed by atoms with Gasteiger partial charge in [0.15, 0.2) is 10.8 Å². The number of piperidine rings is 1. The molecule has 0 aromatic carbocycles. The van der Waals surface area contributed by atoms with Crippen molar-refractivity contribution in [1.82, 2.24) is 34.5 Å². The minimum atomic E-state index is -4.99. The summed E-state index contributed by atoms with van der Waals surface area (Å²) in [6.45, 7) is 1.80. The van der Waals surface area contributed by atoms with Crippen LogP contribution in [-0.4, -0.2) is 108 Å². The lowest BCUT2D eigenvalue weighted by Gasteiger charge is -2.43. The van der Waals surface area contributed by atoms with Crippen LogP contribution in [0.1, 0.15) is 49.9 Å². The summed E-state index contributed by atoms with van der Waals surface area (Å²) >= 11 is 0.991. The van der Waals surface area contributed by atoms with Crippen LogP contribution >= 0.6 is 11.3 Å². The number of hydrogen-bond donors (Lipinski definition) is 5. The van der Waals surface area contributed by atoms with Crippen LogP contribution in [0.25, 0.3) is 0 Å². The molecule has 1 aliphatic carbocycles. The maximum atomic E-state index is 13.4. The predicted octanol–water partition coefficient (Wildman–Crippen LogP) is -1.44. The number of nitrogen functional groups attached to an aromatic ring is 1. The Labute approximate surface area is 249 Å². The third kappa shape index (κ3) is 6.61. The first-order chi connectivity index (χ1) is 20.4. The average molecular weight is 641 g/mol. The maximum absolute atomic E-state index is 13.4. The minimum absolute atomic E-state index is 0.0365. The summed E-state index contributed by atoms with van der Waals surface area (Å²) in [7, 11) is -4.99. The van der Waals surface area contributed by atoms with Crippen LogP contribution in [0.4, 0.5) is 5.13 Å². The number of carbonyl (C=O) groups excluding carboxylic acids is 2. The lowest BCUT2D eigenvalue weighted by molar-refractivity contribution is -0.165. The fraction of sp³-hybridized carbons (Fsp3) is 0.609. The molecule has 0 radical (unpaired) electrons. The maximum Gasteiger partial charge on any atom is 0.362 e. The molecule has 0 unspecified atom stereocenters. The van der Waals surface area contributed by atoms with Gasteiger partial charge in [-0.15, -0.1) is 11.3 Å². The van der Waals surface area contributed by atoms with E-state index in [4.69, 9.17) is 16.3 Å². The highest BCUT2D eigenvalue weighted by atomic mass is 32.2. The van der Waals surface area contributed by atoms with Gasteiger partial charge in [-0.2, -0.15) is 23.4 Å². The minimum Gasteiger partial charge on any atom is -0.478 e. The van der Waals surface area contributed by atoms with Gasteiger partial charge in [-0.1, -0.05) is 5.16 Å². The Bertz CT molecular complexity index is 1510. The molecule has 2 amide bonds. The van der Waals surface area contributed by atoms with E-state index < -0.39 is 51.5 Å². The zero-order chi connectivity index (χ0) is 30.9. The number of carbonyl (C=O) groups is 3. The molecule has 0 bridgehead atoms. The van der Waals surface area contributed by atoms with Gasteiger partial charge in [0.2, 0.25) is 5.60 Å². The number of likely N-dealkylation sites (tertiary alicyclic amines) is 1. The smallest absolute Gasteiger partial charge is 0.362 e. The van der Waals surface area contributed by atoms with Crippen LogP contribution in [0.15, 0.2) is 16.7 Å². The van der Waals surface area contributed by atoms with Crippen molar-refractivity contribution in [2.24, 2.45) is 10.9 Å². The number of aromatic nitrogens is 4. The highest BCUT2D eigenvalue weighted by Gasteiger charge is 2.55. The quantitative estimate of drug-likeness (QED) is 0.0815. The molecule has 234 valence electrons. The molecule has 18 nitrogen and oxygen atoms in total. The molecule has 2 aromatic rings. The van der Waals surface area contributed by atoms with Gasteiger partial charge >= 0.3 is 16.3 Å². The van der Waals surface area contributed by atoms with Crippen molar-refractivity contribution in [3.05, 3.63) is 23.0 Å². The molecule has 1 saturated carbocycles. The summed E-state index contributed by atoms with van der Waals surface area (Å²) in [5.41, 5.74) is 10.1. The van der Waals surface area contributed by atoms with Crippen molar-refractivity contribution in [1.29, 1.82) is 0 Å². The molecule has 20 heteroatoms. The van der Waals surface area contributed by atoms with E-state index in [0.717, 1.165) is 37.3 Å². The van der Waals surface area contributed by atoms with Gasteiger partial charge in [0.25, 0.3) is 11.8 Å². The Morgan fingerprint density at radius 3 is 2.56 bits per heavy atom. The Morgan fingerprint density at radius 1 is 1.26 bits per heavy atom. The average Bonchev–Trinajstić information content (AvgIpc) is 3.70. The predicted molar refractivity (Wildman–Crippen MR) is 150 cm³/mol. The topological polar surface area (TPSA) is 262 Å². The fourth-order valence-electron chi connectivity index (χ4n) is 5.38. The van der Waals surface area contributed by atoms with Crippen LogP contribution in [0, 0.1) is 0 Å². The van der Waals surface area contributed by atoms with Crippen molar-refractivity contribution in [3.63, 3.8) is 0 Å². The number of nitrogens with one attached hydrogen (secondary N) is 1. The molecule has 2 saturated heterocycles. The van der Waals surface area contributed by atoms with Crippen LogP contribution in [0.5, 0.6) is 0 Å². The number of β-lactam (4-membered cyclic amide) rings is 1. The van der Waals surface area contributed by atoms with Gasteiger partial charge in [0.05, 0.1) is 18.4 Å². The van der Waals surface area contributed by atoms with Crippen LogP contribution in [0.3, 0.4) is 0 Å². The van der Waals surface area contributed by atoms with Crippen molar-refractivity contribution >= 4 is 50.3 Å². The SMILES string of the molecule is Nc1nc(/C(=N/OC2(C(=O)O)CCCC2)C(=O)N[C@@H]2C(=O)N(S(=O)(=O)O)[C@@H]2Cn2ncc(CN3CCC(N)CC3)n2)cs1. The van der Waals surface area contributed by atoms with E-state index in [0.29, 0.717) is 25.1 Å². The van der Waals surface area contributed by atoms with Crippen LogP contribution in [0.2, 0.25) is 0 Å². The molecule has 0 spiro atoms. The van der Waals surface area contributed by atoms with Gasteiger partial charge in [-0.3, -0.25) is 19.0 Å². The molecule has 2 aliphatic heterocycles. The zero-order valence-electron chi connectivity index (χ0n) is 22.9.